The summed E-state index contributed by atoms with van der Waals surface area (Å²) in [6.07, 6.45) is 2.09. The molecule has 0 radical (unpaired) electrons. The van der Waals surface area contributed by atoms with Gasteiger partial charge in [0.05, 0.1) is 6.67 Å². The Hall–Kier alpha value is -0.540. The lowest BCUT2D eigenvalue weighted by Crippen LogP contribution is -2.39. The van der Waals surface area contributed by atoms with Gasteiger partial charge in [-0.3, -0.25) is 9.80 Å². The van der Waals surface area contributed by atoms with Gasteiger partial charge in [-0.1, -0.05) is 6.92 Å². The Morgan fingerprint density at radius 1 is 1.46 bits per heavy atom. The van der Waals surface area contributed by atoms with Crippen LogP contribution < -0.4 is 5.73 Å². The third kappa shape index (κ3) is 5.66. The highest BCUT2D eigenvalue weighted by Crippen LogP contribution is 2.02. The molecule has 0 aromatic rings. The van der Waals surface area contributed by atoms with E-state index in [0.29, 0.717) is 6.04 Å². The molecule has 78 valence electrons. The average Bonchev–Trinajstić information content (AvgIpc) is 1.98. The number of allylic oxidation sites excluding steroid dienone is 1. The molecule has 3 heteroatoms. The van der Waals surface area contributed by atoms with E-state index in [1.807, 2.05) is 6.92 Å². The van der Waals surface area contributed by atoms with Crippen molar-refractivity contribution in [3.63, 3.8) is 0 Å². The van der Waals surface area contributed by atoms with Crippen LogP contribution in [0.5, 0.6) is 0 Å². The van der Waals surface area contributed by atoms with Crippen molar-refractivity contribution in [3.8, 4) is 0 Å². The number of hydrogen-bond donors (Lipinski definition) is 1. The molecule has 0 aromatic heterocycles. The van der Waals surface area contributed by atoms with Crippen LogP contribution in [0, 0.1) is 0 Å². The van der Waals surface area contributed by atoms with Crippen LogP contribution in [0.3, 0.4) is 0 Å². The maximum Gasteiger partial charge on any atom is 0.0506 e. The predicted octanol–water partition coefficient (Wildman–Crippen LogP) is 1.08. The van der Waals surface area contributed by atoms with Gasteiger partial charge < -0.3 is 5.73 Å². The van der Waals surface area contributed by atoms with Gasteiger partial charge in [0.2, 0.25) is 0 Å². The fraction of sp³-hybridized carbons (Fsp3) is 0.800. The molecule has 13 heavy (non-hydrogen) atoms. The van der Waals surface area contributed by atoms with Crippen LogP contribution in [-0.4, -0.2) is 43.2 Å². The molecular weight excluding hydrogens is 162 g/mol. The van der Waals surface area contributed by atoms with Crippen molar-refractivity contribution in [1.82, 2.24) is 9.80 Å². The molecule has 0 aliphatic carbocycles. The Bertz CT molecular complexity index is 160. The Morgan fingerprint density at radius 2 is 2.00 bits per heavy atom. The monoisotopic (exact) mass is 185 g/mol. The molecule has 0 saturated heterocycles. The molecule has 3 nitrogen and oxygen atoms in total. The Balaban J connectivity index is 4.15. The second-order valence-electron chi connectivity index (χ2n) is 3.78. The van der Waals surface area contributed by atoms with Gasteiger partial charge in [0, 0.05) is 11.7 Å². The van der Waals surface area contributed by atoms with E-state index < -0.39 is 0 Å². The van der Waals surface area contributed by atoms with Gasteiger partial charge in [0.25, 0.3) is 0 Å². The molecule has 0 amide bonds. The summed E-state index contributed by atoms with van der Waals surface area (Å²) in [7, 11) is 4.16. The van der Waals surface area contributed by atoms with Crippen molar-refractivity contribution < 1.29 is 0 Å². The van der Waals surface area contributed by atoms with Gasteiger partial charge >= 0.3 is 0 Å². The molecule has 0 heterocycles. The highest BCUT2D eigenvalue weighted by atomic mass is 15.3. The first kappa shape index (κ1) is 12.5. The molecular formula is C10H23N3. The van der Waals surface area contributed by atoms with E-state index in [1.165, 1.54) is 0 Å². The second kappa shape index (κ2) is 6.00. The van der Waals surface area contributed by atoms with Crippen molar-refractivity contribution >= 4 is 0 Å². The molecule has 0 aromatic carbocycles. The minimum absolute atomic E-state index is 0.414. The van der Waals surface area contributed by atoms with Crippen molar-refractivity contribution in [2.75, 3.05) is 27.3 Å². The normalized spacial score (nSPS) is 15.5. The smallest absolute Gasteiger partial charge is 0.0506 e. The minimum Gasteiger partial charge on any atom is -0.402 e. The lowest BCUT2D eigenvalue weighted by molar-refractivity contribution is 0.161. The van der Waals surface area contributed by atoms with Gasteiger partial charge in [0.1, 0.15) is 0 Å². The lowest BCUT2D eigenvalue weighted by Gasteiger charge is -2.28. The molecule has 0 fully saturated rings. The molecule has 0 aliphatic heterocycles. The van der Waals surface area contributed by atoms with Crippen molar-refractivity contribution in [1.29, 1.82) is 0 Å². The maximum atomic E-state index is 5.64. The van der Waals surface area contributed by atoms with Crippen molar-refractivity contribution in [2.45, 2.75) is 26.8 Å². The van der Waals surface area contributed by atoms with Crippen LogP contribution in [0.2, 0.25) is 0 Å². The number of hydrogen-bond acceptors (Lipinski definition) is 3. The molecule has 2 N–H and O–H groups in total. The summed E-state index contributed by atoms with van der Waals surface area (Å²) < 4.78 is 0. The summed E-state index contributed by atoms with van der Waals surface area (Å²) in [4.78, 5) is 4.52. The SMILES string of the molecule is CCN(CN(C)C)C(C)/C=C(\C)N. The van der Waals surface area contributed by atoms with E-state index in [-0.39, 0.29) is 0 Å². The summed E-state index contributed by atoms with van der Waals surface area (Å²) in [5, 5.41) is 0. The van der Waals surface area contributed by atoms with E-state index in [9.17, 15) is 0 Å². The zero-order valence-electron chi connectivity index (χ0n) is 9.54. The van der Waals surface area contributed by atoms with Crippen LogP contribution in [0.25, 0.3) is 0 Å². The topological polar surface area (TPSA) is 32.5 Å². The summed E-state index contributed by atoms with van der Waals surface area (Å²) in [5.74, 6) is 0. The van der Waals surface area contributed by atoms with Crippen LogP contribution in [0.1, 0.15) is 20.8 Å². The number of nitrogens with zero attached hydrogens (tertiary/aromatic N) is 2. The Morgan fingerprint density at radius 3 is 2.31 bits per heavy atom. The first-order chi connectivity index (χ1) is 5.97. The van der Waals surface area contributed by atoms with E-state index in [4.69, 9.17) is 5.73 Å². The molecule has 0 rings (SSSR count). The number of nitrogens with two attached hydrogens (primary N) is 1. The predicted molar refractivity (Wildman–Crippen MR) is 58.3 cm³/mol. The largest absolute Gasteiger partial charge is 0.402 e. The number of rotatable bonds is 5. The first-order valence-electron chi connectivity index (χ1n) is 4.80. The lowest BCUT2D eigenvalue weighted by atomic mass is 10.2. The van der Waals surface area contributed by atoms with Gasteiger partial charge in [0.15, 0.2) is 0 Å². The summed E-state index contributed by atoms with van der Waals surface area (Å²) >= 11 is 0. The van der Waals surface area contributed by atoms with Gasteiger partial charge in [-0.05, 0) is 40.6 Å². The van der Waals surface area contributed by atoms with Crippen LogP contribution in [0.15, 0.2) is 11.8 Å². The third-order valence-electron chi connectivity index (χ3n) is 1.95. The highest BCUT2D eigenvalue weighted by molar-refractivity contribution is 4.98. The first-order valence-corrected chi connectivity index (χ1v) is 4.80. The van der Waals surface area contributed by atoms with E-state index >= 15 is 0 Å². The number of likely N-dealkylation sites (N-methyl/N-ethyl adjacent to an activating group) is 1. The minimum atomic E-state index is 0.414. The Kier molecular flexibility index (Phi) is 5.75. The van der Waals surface area contributed by atoms with Crippen LogP contribution in [0.4, 0.5) is 0 Å². The molecule has 1 unspecified atom stereocenters. The van der Waals surface area contributed by atoms with Crippen LogP contribution >= 0.6 is 0 Å². The highest BCUT2D eigenvalue weighted by Gasteiger charge is 2.09. The fourth-order valence-electron chi connectivity index (χ4n) is 1.37. The van der Waals surface area contributed by atoms with Crippen molar-refractivity contribution in [3.05, 3.63) is 11.8 Å². The summed E-state index contributed by atoms with van der Waals surface area (Å²) in [6, 6.07) is 0.414. The molecule has 0 spiro atoms. The molecule has 0 saturated carbocycles. The quantitative estimate of drug-likeness (QED) is 0.651. The summed E-state index contributed by atoms with van der Waals surface area (Å²) in [6.45, 7) is 8.29. The molecule has 0 bridgehead atoms. The molecule has 0 aliphatic rings. The second-order valence-corrected chi connectivity index (χ2v) is 3.78. The molecule has 1 atom stereocenters. The van der Waals surface area contributed by atoms with Gasteiger partial charge in [-0.2, -0.15) is 0 Å². The zero-order valence-corrected chi connectivity index (χ0v) is 9.54. The van der Waals surface area contributed by atoms with E-state index in [2.05, 4.69) is 43.8 Å². The van der Waals surface area contributed by atoms with Crippen molar-refractivity contribution in [2.24, 2.45) is 5.73 Å². The van der Waals surface area contributed by atoms with E-state index in [0.717, 1.165) is 18.9 Å². The Labute approximate surface area is 82.2 Å². The zero-order chi connectivity index (χ0) is 10.4. The average molecular weight is 185 g/mol. The summed E-state index contributed by atoms with van der Waals surface area (Å²) in [5.41, 5.74) is 6.53. The van der Waals surface area contributed by atoms with Gasteiger partial charge in [-0.25, -0.2) is 0 Å². The maximum absolute atomic E-state index is 5.64. The third-order valence-corrected chi connectivity index (χ3v) is 1.95. The van der Waals surface area contributed by atoms with Gasteiger partial charge in [-0.15, -0.1) is 0 Å². The van der Waals surface area contributed by atoms with Crippen LogP contribution in [-0.2, 0) is 0 Å². The fourth-order valence-corrected chi connectivity index (χ4v) is 1.37. The van der Waals surface area contributed by atoms with E-state index in [1.54, 1.807) is 0 Å². The standard InChI is InChI=1S/C10H23N3/c1-6-13(8-12(4)5)10(3)7-9(2)11/h7,10H,6,8,11H2,1-5H3/b9-7+.